The highest BCUT2D eigenvalue weighted by Crippen LogP contribution is 2.18. The van der Waals surface area contributed by atoms with Gasteiger partial charge in [-0.05, 0) is 31.6 Å². The molecule has 104 valence electrons. The first kappa shape index (κ1) is 15.0. The van der Waals surface area contributed by atoms with Crippen molar-refractivity contribution in [2.24, 2.45) is 5.92 Å². The van der Waals surface area contributed by atoms with Gasteiger partial charge < -0.3 is 14.7 Å². The smallest absolute Gasteiger partial charge is 0.326 e. The zero-order chi connectivity index (χ0) is 13.7. The van der Waals surface area contributed by atoms with E-state index in [0.29, 0.717) is 19.4 Å². The van der Waals surface area contributed by atoms with E-state index >= 15 is 0 Å². The van der Waals surface area contributed by atoms with Gasteiger partial charge in [0, 0.05) is 13.7 Å². The number of nitrogens with zero attached hydrogens (tertiary/aromatic N) is 1. The number of rotatable bonds is 5. The van der Waals surface area contributed by atoms with E-state index in [1.807, 2.05) is 13.8 Å². The van der Waals surface area contributed by atoms with E-state index < -0.39 is 18.1 Å². The molecule has 0 saturated carbocycles. The Labute approximate surface area is 108 Å². The summed E-state index contributed by atoms with van der Waals surface area (Å²) in [6.45, 7) is 4.49. The molecule has 5 heteroatoms. The number of carbonyl (C=O) groups excluding carboxylic acids is 1. The highest BCUT2D eigenvalue weighted by Gasteiger charge is 2.32. The van der Waals surface area contributed by atoms with Crippen LogP contribution in [0.25, 0.3) is 0 Å². The number of likely N-dealkylation sites (N-methyl/N-ethyl adjacent to an activating group) is 1. The molecule has 5 nitrogen and oxygen atoms in total. The maximum absolute atomic E-state index is 12.2. The van der Waals surface area contributed by atoms with Gasteiger partial charge in [0.2, 0.25) is 0 Å². The van der Waals surface area contributed by atoms with Gasteiger partial charge in [0.15, 0.2) is 0 Å². The molecule has 0 aromatic carbocycles. The van der Waals surface area contributed by atoms with Gasteiger partial charge in [-0.25, -0.2) is 4.79 Å². The normalized spacial score (nSPS) is 21.7. The predicted octanol–water partition coefficient (Wildman–Crippen LogP) is 1.51. The molecule has 18 heavy (non-hydrogen) atoms. The van der Waals surface area contributed by atoms with Crippen LogP contribution in [0.4, 0.5) is 0 Å². The van der Waals surface area contributed by atoms with Crippen LogP contribution in [0.3, 0.4) is 0 Å². The first-order chi connectivity index (χ1) is 8.43. The molecular formula is C13H23NO4. The van der Waals surface area contributed by atoms with Gasteiger partial charge >= 0.3 is 5.97 Å². The van der Waals surface area contributed by atoms with Crippen LogP contribution in [0.15, 0.2) is 0 Å². The van der Waals surface area contributed by atoms with Crippen molar-refractivity contribution in [3.63, 3.8) is 0 Å². The van der Waals surface area contributed by atoms with Crippen LogP contribution in [0.1, 0.15) is 39.5 Å². The number of aliphatic carboxylic acids is 1. The first-order valence-electron chi connectivity index (χ1n) is 6.54. The molecule has 1 N–H and O–H groups in total. The van der Waals surface area contributed by atoms with E-state index in [1.165, 1.54) is 4.90 Å². The molecule has 1 saturated heterocycles. The van der Waals surface area contributed by atoms with Gasteiger partial charge in [-0.3, -0.25) is 4.79 Å². The number of amides is 1. The third kappa shape index (κ3) is 3.98. The Kier molecular flexibility index (Phi) is 5.59. The Morgan fingerprint density at radius 1 is 1.39 bits per heavy atom. The number of hydrogen-bond donors (Lipinski definition) is 1. The maximum Gasteiger partial charge on any atom is 0.326 e. The number of carboxylic acid groups (broad SMARTS) is 1. The van der Waals surface area contributed by atoms with E-state index in [1.54, 1.807) is 7.05 Å². The third-order valence-corrected chi connectivity index (χ3v) is 3.25. The lowest BCUT2D eigenvalue weighted by atomic mass is 10.0. The predicted molar refractivity (Wildman–Crippen MR) is 67.2 cm³/mol. The molecule has 1 fully saturated rings. The average molecular weight is 257 g/mol. The minimum absolute atomic E-state index is 0.206. The summed E-state index contributed by atoms with van der Waals surface area (Å²) in [6.07, 6.45) is 2.63. The van der Waals surface area contributed by atoms with E-state index in [2.05, 4.69) is 0 Å². The summed E-state index contributed by atoms with van der Waals surface area (Å²) in [7, 11) is 1.56. The van der Waals surface area contributed by atoms with Gasteiger partial charge in [-0.1, -0.05) is 13.8 Å². The molecule has 1 aliphatic rings. The maximum atomic E-state index is 12.2. The first-order valence-corrected chi connectivity index (χ1v) is 6.54. The number of ether oxygens (including phenoxy) is 1. The second-order valence-electron chi connectivity index (χ2n) is 5.29. The monoisotopic (exact) mass is 257 g/mol. The van der Waals surface area contributed by atoms with Crippen molar-refractivity contribution in [2.45, 2.75) is 51.7 Å². The lowest BCUT2D eigenvalue weighted by Crippen LogP contribution is -2.48. The zero-order valence-corrected chi connectivity index (χ0v) is 11.4. The number of carboxylic acids is 1. The van der Waals surface area contributed by atoms with Crippen molar-refractivity contribution < 1.29 is 19.4 Å². The van der Waals surface area contributed by atoms with Crippen molar-refractivity contribution >= 4 is 11.9 Å². The number of hydrogen-bond acceptors (Lipinski definition) is 3. The van der Waals surface area contributed by atoms with Crippen LogP contribution in [-0.4, -0.2) is 47.7 Å². The molecule has 0 bridgehead atoms. The van der Waals surface area contributed by atoms with Crippen LogP contribution in [-0.2, 0) is 14.3 Å². The van der Waals surface area contributed by atoms with Crippen molar-refractivity contribution in [1.29, 1.82) is 0 Å². The Bertz CT molecular complexity index is 297. The van der Waals surface area contributed by atoms with Crippen molar-refractivity contribution in [3.05, 3.63) is 0 Å². The average Bonchev–Trinajstić information content (AvgIpc) is 2.34. The van der Waals surface area contributed by atoms with Crippen LogP contribution >= 0.6 is 0 Å². The van der Waals surface area contributed by atoms with Gasteiger partial charge in [-0.2, -0.15) is 0 Å². The summed E-state index contributed by atoms with van der Waals surface area (Å²) in [5.74, 6) is -0.924. The van der Waals surface area contributed by atoms with E-state index in [0.717, 1.165) is 12.8 Å². The number of carbonyl (C=O) groups is 2. The molecule has 0 aliphatic carbocycles. The SMILES string of the molecule is CC(C)CC(C(=O)O)N(C)C(=O)C1CCCCO1. The van der Waals surface area contributed by atoms with Crippen LogP contribution in [0.5, 0.6) is 0 Å². The minimum atomic E-state index is -0.949. The molecule has 1 aliphatic heterocycles. The third-order valence-electron chi connectivity index (χ3n) is 3.25. The minimum Gasteiger partial charge on any atom is -0.480 e. The highest BCUT2D eigenvalue weighted by atomic mass is 16.5. The zero-order valence-electron chi connectivity index (χ0n) is 11.4. The van der Waals surface area contributed by atoms with E-state index in [4.69, 9.17) is 4.74 Å². The lowest BCUT2D eigenvalue weighted by Gasteiger charge is -2.31. The summed E-state index contributed by atoms with van der Waals surface area (Å²) in [4.78, 5) is 24.7. The van der Waals surface area contributed by atoms with Gasteiger partial charge in [0.25, 0.3) is 5.91 Å². The Morgan fingerprint density at radius 3 is 2.50 bits per heavy atom. The summed E-state index contributed by atoms with van der Waals surface area (Å²) in [5, 5.41) is 9.21. The van der Waals surface area contributed by atoms with E-state index in [-0.39, 0.29) is 11.8 Å². The molecule has 1 amide bonds. The summed E-state index contributed by atoms with van der Waals surface area (Å²) in [5.41, 5.74) is 0. The summed E-state index contributed by atoms with van der Waals surface area (Å²) >= 11 is 0. The molecule has 0 aromatic heterocycles. The second kappa shape index (κ2) is 6.73. The Balaban J connectivity index is 2.65. The summed E-state index contributed by atoms with van der Waals surface area (Å²) in [6, 6.07) is -0.761. The fourth-order valence-corrected chi connectivity index (χ4v) is 2.19. The van der Waals surface area contributed by atoms with Crippen molar-refractivity contribution in [2.75, 3.05) is 13.7 Å². The van der Waals surface area contributed by atoms with Gasteiger partial charge in [0.05, 0.1) is 0 Å². The lowest BCUT2D eigenvalue weighted by molar-refractivity contribution is -0.156. The molecule has 0 aromatic rings. The molecule has 0 radical (unpaired) electrons. The fraction of sp³-hybridized carbons (Fsp3) is 0.846. The highest BCUT2D eigenvalue weighted by molar-refractivity contribution is 5.86. The molecule has 2 atom stereocenters. The molecule has 2 unspecified atom stereocenters. The van der Waals surface area contributed by atoms with Crippen LogP contribution in [0, 0.1) is 5.92 Å². The Morgan fingerprint density at radius 2 is 2.06 bits per heavy atom. The van der Waals surface area contributed by atoms with Gasteiger partial charge in [-0.15, -0.1) is 0 Å². The largest absolute Gasteiger partial charge is 0.480 e. The molecule has 0 spiro atoms. The quantitative estimate of drug-likeness (QED) is 0.810. The molecule has 1 heterocycles. The fourth-order valence-electron chi connectivity index (χ4n) is 2.19. The Hall–Kier alpha value is -1.10. The van der Waals surface area contributed by atoms with E-state index in [9.17, 15) is 14.7 Å². The van der Waals surface area contributed by atoms with Crippen molar-refractivity contribution in [3.8, 4) is 0 Å². The van der Waals surface area contributed by atoms with Crippen LogP contribution < -0.4 is 0 Å². The van der Waals surface area contributed by atoms with Gasteiger partial charge in [0.1, 0.15) is 12.1 Å². The standard InChI is InChI=1S/C13H23NO4/c1-9(2)8-10(13(16)17)14(3)12(15)11-6-4-5-7-18-11/h9-11H,4-8H2,1-3H3,(H,16,17). The second-order valence-corrected chi connectivity index (χ2v) is 5.29. The van der Waals surface area contributed by atoms with Crippen LogP contribution in [0.2, 0.25) is 0 Å². The molecule has 1 rings (SSSR count). The molecular weight excluding hydrogens is 234 g/mol. The summed E-state index contributed by atoms with van der Waals surface area (Å²) < 4.78 is 5.41. The topological polar surface area (TPSA) is 66.8 Å². The van der Waals surface area contributed by atoms with Crippen molar-refractivity contribution in [1.82, 2.24) is 4.90 Å².